The molecule has 186 valence electrons. The Labute approximate surface area is 208 Å². The molecule has 9 nitrogen and oxygen atoms in total. The SMILES string of the molecule is COc1nc(NCCN(C)C(=O)OC(C)(C)C)c2c(C)nc(-c3cc(N)cc4c3CC4)c(P)c2n1. The lowest BCUT2D eigenvalue weighted by atomic mass is 9.83. The summed E-state index contributed by atoms with van der Waals surface area (Å²) in [5, 5.41) is 5.00. The average molecular weight is 497 g/mol. The van der Waals surface area contributed by atoms with Crippen LogP contribution in [-0.4, -0.2) is 58.8 Å². The van der Waals surface area contributed by atoms with E-state index >= 15 is 0 Å². The van der Waals surface area contributed by atoms with E-state index in [4.69, 9.17) is 20.2 Å². The number of fused-ring (bicyclic) bond motifs is 2. The van der Waals surface area contributed by atoms with E-state index in [2.05, 4.69) is 24.5 Å². The Kier molecular flexibility index (Phi) is 6.73. The van der Waals surface area contributed by atoms with Crippen LogP contribution < -0.4 is 21.1 Å². The zero-order valence-corrected chi connectivity index (χ0v) is 22.3. The van der Waals surface area contributed by atoms with Crippen molar-refractivity contribution in [1.82, 2.24) is 19.9 Å². The number of methoxy groups -OCH3 is 1. The second-order valence-electron chi connectivity index (χ2n) is 9.78. The number of ether oxygens (including phenoxy) is 2. The molecule has 0 bridgehead atoms. The minimum Gasteiger partial charge on any atom is -0.467 e. The average Bonchev–Trinajstić information content (AvgIpc) is 2.76. The third-order valence-corrected chi connectivity index (χ3v) is 6.48. The Morgan fingerprint density at radius 3 is 2.60 bits per heavy atom. The number of hydrogen-bond acceptors (Lipinski definition) is 8. The number of aromatic nitrogens is 3. The number of carbonyl (C=O) groups is 1. The number of nitrogens with zero attached hydrogens (tertiary/aromatic N) is 4. The highest BCUT2D eigenvalue weighted by Gasteiger charge is 2.24. The quantitative estimate of drug-likeness (QED) is 0.394. The molecule has 0 fully saturated rings. The number of anilines is 2. The highest BCUT2D eigenvalue weighted by molar-refractivity contribution is 7.28. The summed E-state index contributed by atoms with van der Waals surface area (Å²) in [7, 11) is 6.03. The van der Waals surface area contributed by atoms with Gasteiger partial charge in [-0.25, -0.2) is 4.79 Å². The van der Waals surface area contributed by atoms with Crippen molar-refractivity contribution in [2.75, 3.05) is 38.3 Å². The summed E-state index contributed by atoms with van der Waals surface area (Å²) in [5.74, 6) is 0.602. The molecule has 0 spiro atoms. The molecule has 1 aliphatic carbocycles. The summed E-state index contributed by atoms with van der Waals surface area (Å²) in [6, 6.07) is 4.28. The van der Waals surface area contributed by atoms with Gasteiger partial charge in [0, 0.05) is 36.7 Å². The second-order valence-corrected chi connectivity index (χ2v) is 10.4. The molecule has 0 saturated heterocycles. The number of nitrogens with one attached hydrogen (secondary N) is 1. The molecule has 10 heteroatoms. The molecule has 1 aliphatic rings. The third kappa shape index (κ3) is 5.10. The van der Waals surface area contributed by atoms with Gasteiger partial charge in [0.05, 0.1) is 29.4 Å². The van der Waals surface area contributed by atoms with Gasteiger partial charge in [-0.1, -0.05) is 0 Å². The van der Waals surface area contributed by atoms with E-state index in [1.807, 2.05) is 39.8 Å². The van der Waals surface area contributed by atoms with Gasteiger partial charge in [0.1, 0.15) is 11.4 Å². The fourth-order valence-electron chi connectivity index (χ4n) is 4.14. The van der Waals surface area contributed by atoms with Gasteiger partial charge >= 0.3 is 12.1 Å². The van der Waals surface area contributed by atoms with Crippen LogP contribution in [0.2, 0.25) is 0 Å². The summed E-state index contributed by atoms with van der Waals surface area (Å²) in [5.41, 5.74) is 12.4. The highest BCUT2D eigenvalue weighted by atomic mass is 31.0. The van der Waals surface area contributed by atoms with Crippen molar-refractivity contribution in [3.05, 3.63) is 29.0 Å². The number of hydrogen-bond donors (Lipinski definition) is 2. The van der Waals surface area contributed by atoms with E-state index in [0.29, 0.717) is 18.9 Å². The van der Waals surface area contributed by atoms with Crippen molar-refractivity contribution in [1.29, 1.82) is 0 Å². The van der Waals surface area contributed by atoms with Crippen LogP contribution in [0, 0.1) is 6.92 Å². The summed E-state index contributed by atoms with van der Waals surface area (Å²) in [6.07, 6.45) is 1.67. The molecule has 0 aliphatic heterocycles. The normalized spacial score (nSPS) is 12.7. The topological polar surface area (TPSA) is 115 Å². The van der Waals surface area contributed by atoms with E-state index in [1.54, 1.807) is 14.2 Å². The zero-order chi connectivity index (χ0) is 25.5. The Morgan fingerprint density at radius 2 is 1.97 bits per heavy atom. The minimum atomic E-state index is -0.546. The van der Waals surface area contributed by atoms with Crippen molar-refractivity contribution < 1.29 is 14.3 Å². The lowest BCUT2D eigenvalue weighted by molar-refractivity contribution is 0.0305. The first kappa shape index (κ1) is 24.9. The van der Waals surface area contributed by atoms with Crippen LogP contribution in [0.15, 0.2) is 12.1 Å². The maximum atomic E-state index is 12.3. The van der Waals surface area contributed by atoms with Gasteiger partial charge in [0.15, 0.2) is 0 Å². The molecule has 2 heterocycles. The van der Waals surface area contributed by atoms with E-state index in [-0.39, 0.29) is 12.1 Å². The van der Waals surface area contributed by atoms with Crippen LogP contribution in [0.25, 0.3) is 22.2 Å². The van der Waals surface area contributed by atoms with Crippen LogP contribution in [0.4, 0.5) is 16.3 Å². The molecule has 3 N–H and O–H groups in total. The largest absolute Gasteiger partial charge is 0.467 e. The molecule has 1 unspecified atom stereocenters. The fourth-order valence-corrected chi connectivity index (χ4v) is 4.57. The molecule has 1 amide bonds. The van der Waals surface area contributed by atoms with Crippen LogP contribution in [-0.2, 0) is 17.6 Å². The van der Waals surface area contributed by atoms with Gasteiger partial charge in [-0.2, -0.15) is 9.97 Å². The van der Waals surface area contributed by atoms with E-state index in [0.717, 1.165) is 51.7 Å². The molecule has 4 rings (SSSR count). The molecular weight excluding hydrogens is 463 g/mol. The number of amides is 1. The van der Waals surface area contributed by atoms with Crippen LogP contribution >= 0.6 is 9.24 Å². The Morgan fingerprint density at radius 1 is 1.23 bits per heavy atom. The number of benzene rings is 1. The Hall–Kier alpha value is -3.19. The summed E-state index contributed by atoms with van der Waals surface area (Å²) >= 11 is 0. The maximum Gasteiger partial charge on any atom is 0.410 e. The lowest BCUT2D eigenvalue weighted by Crippen LogP contribution is -2.36. The first-order valence-corrected chi connectivity index (χ1v) is 12.2. The predicted molar refractivity (Wildman–Crippen MR) is 143 cm³/mol. The number of carbonyl (C=O) groups excluding carboxylic acids is 1. The van der Waals surface area contributed by atoms with Crippen molar-refractivity contribution in [3.8, 4) is 17.3 Å². The van der Waals surface area contributed by atoms with Gasteiger partial charge < -0.3 is 25.4 Å². The predicted octanol–water partition coefficient (Wildman–Crippen LogP) is 3.47. The van der Waals surface area contributed by atoms with E-state index in [9.17, 15) is 4.79 Å². The van der Waals surface area contributed by atoms with Crippen molar-refractivity contribution in [2.45, 2.75) is 46.1 Å². The second kappa shape index (κ2) is 9.46. The van der Waals surface area contributed by atoms with Crippen LogP contribution in [0.3, 0.4) is 0 Å². The third-order valence-electron chi connectivity index (χ3n) is 5.93. The molecular formula is C25H33N6O3P. The van der Waals surface area contributed by atoms with Crippen molar-refractivity contribution >= 4 is 43.0 Å². The van der Waals surface area contributed by atoms with Crippen LogP contribution in [0.5, 0.6) is 6.01 Å². The van der Waals surface area contributed by atoms with Gasteiger partial charge in [0.25, 0.3) is 0 Å². The number of nitrogens with two attached hydrogens (primary N) is 1. The first-order chi connectivity index (χ1) is 16.5. The maximum absolute atomic E-state index is 12.3. The standard InChI is InChI=1S/C25H33N6O3P/c1-13-18-20(21(35)19(28-13)17-12-15(26)11-14-7-8-16(14)17)29-23(33-6)30-22(18)27-9-10-31(5)24(32)34-25(2,3)4/h11-12H,7-10,26,35H2,1-6H3,(H,27,29,30). The van der Waals surface area contributed by atoms with Crippen molar-refractivity contribution in [2.24, 2.45) is 0 Å². The van der Waals surface area contributed by atoms with Gasteiger partial charge in [-0.3, -0.25) is 4.98 Å². The minimum absolute atomic E-state index is 0.251. The molecule has 1 aromatic carbocycles. The lowest BCUT2D eigenvalue weighted by Gasteiger charge is -2.25. The fraction of sp³-hybridized carbons (Fsp3) is 0.440. The molecule has 2 aromatic heterocycles. The molecule has 0 radical (unpaired) electrons. The van der Waals surface area contributed by atoms with Crippen LogP contribution in [0.1, 0.15) is 37.6 Å². The van der Waals surface area contributed by atoms with E-state index < -0.39 is 5.60 Å². The van der Waals surface area contributed by atoms with E-state index in [1.165, 1.54) is 16.0 Å². The Bertz CT molecular complexity index is 1310. The first-order valence-electron chi connectivity index (χ1n) is 11.6. The zero-order valence-electron chi connectivity index (χ0n) is 21.2. The smallest absolute Gasteiger partial charge is 0.410 e. The summed E-state index contributed by atoms with van der Waals surface area (Å²) in [4.78, 5) is 27.9. The summed E-state index contributed by atoms with van der Waals surface area (Å²) < 4.78 is 10.8. The number of pyridine rings is 1. The molecule has 1 atom stereocenters. The summed E-state index contributed by atoms with van der Waals surface area (Å²) in [6.45, 7) is 8.37. The monoisotopic (exact) mass is 496 g/mol. The molecule has 35 heavy (non-hydrogen) atoms. The van der Waals surface area contributed by atoms with Crippen molar-refractivity contribution in [3.63, 3.8) is 0 Å². The number of aryl methyl sites for hydroxylation is 2. The Balaban J connectivity index is 1.67. The molecule has 3 aromatic rings. The highest BCUT2D eigenvalue weighted by Crippen LogP contribution is 2.37. The van der Waals surface area contributed by atoms with Gasteiger partial charge in [0.2, 0.25) is 0 Å². The number of likely N-dealkylation sites (N-methyl/N-ethyl adjacent to an activating group) is 1. The number of rotatable bonds is 6. The van der Waals surface area contributed by atoms with Gasteiger partial charge in [-0.05, 0) is 63.8 Å². The molecule has 0 saturated carbocycles. The van der Waals surface area contributed by atoms with Gasteiger partial charge in [-0.15, -0.1) is 9.24 Å². The number of nitrogen functional groups attached to an aromatic ring is 1.